The van der Waals surface area contributed by atoms with Gasteiger partial charge in [-0.1, -0.05) is 0 Å². The van der Waals surface area contributed by atoms with Gasteiger partial charge in [0.25, 0.3) is 0 Å². The van der Waals surface area contributed by atoms with Crippen LogP contribution in [0.15, 0.2) is 24.5 Å². The Hall–Kier alpha value is -1.13. The summed E-state index contributed by atoms with van der Waals surface area (Å²) in [6.07, 6.45) is 8.38. The van der Waals surface area contributed by atoms with Crippen molar-refractivity contribution >= 4 is 5.69 Å². The molecule has 0 aromatic carbocycles. The number of hydrogen-bond donors (Lipinski definition) is 0. The molecule has 0 saturated carbocycles. The van der Waals surface area contributed by atoms with Crippen molar-refractivity contribution in [3.05, 3.63) is 24.5 Å². The summed E-state index contributed by atoms with van der Waals surface area (Å²) in [6, 6.07) is 4.15. The Morgan fingerprint density at radius 1 is 1.45 bits per heavy atom. The van der Waals surface area contributed by atoms with E-state index in [1.54, 1.807) is 7.11 Å². The first-order valence-electron chi connectivity index (χ1n) is 7.59. The van der Waals surface area contributed by atoms with Crippen molar-refractivity contribution in [3.8, 4) is 0 Å². The largest absolute Gasteiger partial charge is 0.385 e. The minimum absolute atomic E-state index is 0.136. The molecule has 3 rings (SSSR count). The van der Waals surface area contributed by atoms with E-state index in [1.807, 2.05) is 18.5 Å². The van der Waals surface area contributed by atoms with Crippen molar-refractivity contribution in [2.75, 3.05) is 38.3 Å². The molecule has 4 heteroatoms. The van der Waals surface area contributed by atoms with E-state index in [1.165, 1.54) is 12.1 Å². The van der Waals surface area contributed by atoms with Crippen LogP contribution in [0.5, 0.6) is 0 Å². The Kier molecular flexibility index (Phi) is 4.22. The number of ether oxygens (including phenoxy) is 2. The van der Waals surface area contributed by atoms with Gasteiger partial charge in [-0.3, -0.25) is 4.98 Å². The maximum Gasteiger partial charge on any atom is 0.0719 e. The molecule has 4 nitrogen and oxygen atoms in total. The van der Waals surface area contributed by atoms with E-state index in [9.17, 15) is 0 Å². The average molecular weight is 276 g/mol. The van der Waals surface area contributed by atoms with Gasteiger partial charge in [0.2, 0.25) is 0 Å². The highest BCUT2D eigenvalue weighted by atomic mass is 16.5. The molecule has 2 aliphatic rings. The SMILES string of the molecule is COCC[C@@H]1COC2(CCN(c3cccnc3)CC2)C1. The molecule has 1 aromatic rings. The first-order valence-corrected chi connectivity index (χ1v) is 7.59. The summed E-state index contributed by atoms with van der Waals surface area (Å²) in [4.78, 5) is 6.63. The van der Waals surface area contributed by atoms with Crippen LogP contribution in [0.1, 0.15) is 25.7 Å². The van der Waals surface area contributed by atoms with Crippen molar-refractivity contribution in [3.63, 3.8) is 0 Å². The maximum atomic E-state index is 6.18. The number of hydrogen-bond acceptors (Lipinski definition) is 4. The lowest BCUT2D eigenvalue weighted by Gasteiger charge is -2.39. The molecule has 3 heterocycles. The zero-order chi connectivity index (χ0) is 13.8. The first-order chi connectivity index (χ1) is 9.81. The molecule has 0 amide bonds. The van der Waals surface area contributed by atoms with E-state index in [4.69, 9.17) is 9.47 Å². The Morgan fingerprint density at radius 2 is 2.30 bits per heavy atom. The van der Waals surface area contributed by atoms with Gasteiger partial charge in [-0.15, -0.1) is 0 Å². The summed E-state index contributed by atoms with van der Waals surface area (Å²) in [5, 5.41) is 0. The minimum Gasteiger partial charge on any atom is -0.385 e. The molecule has 2 aliphatic heterocycles. The topological polar surface area (TPSA) is 34.6 Å². The predicted molar refractivity (Wildman–Crippen MR) is 79.0 cm³/mol. The summed E-state index contributed by atoms with van der Waals surface area (Å²) >= 11 is 0. The molecular weight excluding hydrogens is 252 g/mol. The van der Waals surface area contributed by atoms with Gasteiger partial charge in [-0.05, 0) is 43.7 Å². The molecular formula is C16H24N2O2. The van der Waals surface area contributed by atoms with Gasteiger partial charge < -0.3 is 14.4 Å². The summed E-state index contributed by atoms with van der Waals surface area (Å²) in [5.41, 5.74) is 1.37. The van der Waals surface area contributed by atoms with Crippen molar-refractivity contribution in [1.82, 2.24) is 4.98 Å². The van der Waals surface area contributed by atoms with Crippen molar-refractivity contribution in [2.45, 2.75) is 31.3 Å². The van der Waals surface area contributed by atoms with Gasteiger partial charge in [-0.25, -0.2) is 0 Å². The fraction of sp³-hybridized carbons (Fsp3) is 0.688. The van der Waals surface area contributed by atoms with Crippen molar-refractivity contribution in [1.29, 1.82) is 0 Å². The van der Waals surface area contributed by atoms with Gasteiger partial charge >= 0.3 is 0 Å². The summed E-state index contributed by atoms with van der Waals surface area (Å²) in [6.45, 7) is 3.91. The molecule has 20 heavy (non-hydrogen) atoms. The minimum atomic E-state index is 0.136. The number of anilines is 1. The highest BCUT2D eigenvalue weighted by molar-refractivity contribution is 5.44. The van der Waals surface area contributed by atoms with Gasteiger partial charge in [0.05, 0.1) is 24.1 Å². The van der Waals surface area contributed by atoms with Gasteiger partial charge in [0, 0.05) is 33.0 Å². The molecule has 2 fully saturated rings. The van der Waals surface area contributed by atoms with Crippen molar-refractivity contribution < 1.29 is 9.47 Å². The third kappa shape index (κ3) is 2.96. The van der Waals surface area contributed by atoms with Crippen LogP contribution in [0.2, 0.25) is 0 Å². The lowest BCUT2D eigenvalue weighted by molar-refractivity contribution is -0.0154. The van der Waals surface area contributed by atoms with Crippen LogP contribution >= 0.6 is 0 Å². The lowest BCUT2D eigenvalue weighted by Crippen LogP contribution is -2.44. The quantitative estimate of drug-likeness (QED) is 0.846. The molecule has 0 N–H and O–H groups in total. The fourth-order valence-electron chi connectivity index (χ4n) is 3.47. The second-order valence-corrected chi connectivity index (χ2v) is 6.04. The molecule has 0 bridgehead atoms. The molecule has 1 spiro atoms. The van der Waals surface area contributed by atoms with Crippen LogP contribution in [0.25, 0.3) is 0 Å². The number of nitrogens with zero attached hydrogens (tertiary/aromatic N) is 2. The normalized spacial score (nSPS) is 25.2. The molecule has 2 saturated heterocycles. The first kappa shape index (κ1) is 13.8. The lowest BCUT2D eigenvalue weighted by atomic mass is 9.84. The molecule has 1 aromatic heterocycles. The summed E-state index contributed by atoms with van der Waals surface area (Å²) in [7, 11) is 1.78. The van der Waals surface area contributed by atoms with Crippen LogP contribution in [0, 0.1) is 5.92 Å². The smallest absolute Gasteiger partial charge is 0.0719 e. The fourth-order valence-corrected chi connectivity index (χ4v) is 3.47. The van der Waals surface area contributed by atoms with Gasteiger partial charge in [0.1, 0.15) is 0 Å². The third-order valence-corrected chi connectivity index (χ3v) is 4.70. The molecule has 0 radical (unpaired) electrons. The molecule has 0 unspecified atom stereocenters. The Labute approximate surface area is 121 Å². The standard InChI is InChI=1S/C16H24N2O2/c1-19-10-4-14-11-16(20-13-14)5-8-18(9-6-16)15-3-2-7-17-12-15/h2-3,7,12,14H,4-6,8-11,13H2,1H3/t14-/m0/s1. The van der Waals surface area contributed by atoms with Crippen LogP contribution in [-0.2, 0) is 9.47 Å². The highest BCUT2D eigenvalue weighted by Gasteiger charge is 2.42. The summed E-state index contributed by atoms with van der Waals surface area (Å²) in [5.74, 6) is 0.680. The Bertz CT molecular complexity index is 416. The van der Waals surface area contributed by atoms with Gasteiger partial charge in [-0.2, -0.15) is 0 Å². The Morgan fingerprint density at radius 3 is 3.00 bits per heavy atom. The van der Waals surface area contributed by atoms with Gasteiger partial charge in [0.15, 0.2) is 0 Å². The van der Waals surface area contributed by atoms with Crippen LogP contribution in [-0.4, -0.2) is 44.0 Å². The zero-order valence-electron chi connectivity index (χ0n) is 12.3. The Balaban J connectivity index is 1.54. The molecule has 0 aliphatic carbocycles. The maximum absolute atomic E-state index is 6.18. The van der Waals surface area contributed by atoms with Crippen LogP contribution < -0.4 is 4.90 Å². The van der Waals surface area contributed by atoms with E-state index in [2.05, 4.69) is 16.0 Å². The summed E-state index contributed by atoms with van der Waals surface area (Å²) < 4.78 is 11.4. The zero-order valence-corrected chi connectivity index (χ0v) is 12.3. The van der Waals surface area contributed by atoms with Crippen LogP contribution in [0.3, 0.4) is 0 Å². The van der Waals surface area contributed by atoms with E-state index < -0.39 is 0 Å². The predicted octanol–water partition coefficient (Wildman–Crippen LogP) is 2.49. The van der Waals surface area contributed by atoms with E-state index in [0.717, 1.165) is 45.6 Å². The second-order valence-electron chi connectivity index (χ2n) is 6.04. The van der Waals surface area contributed by atoms with E-state index in [0.29, 0.717) is 5.92 Å². The number of piperidine rings is 1. The second kappa shape index (κ2) is 6.10. The van der Waals surface area contributed by atoms with Crippen LogP contribution in [0.4, 0.5) is 5.69 Å². The molecule has 110 valence electrons. The number of methoxy groups -OCH3 is 1. The number of aromatic nitrogens is 1. The number of pyridine rings is 1. The molecule has 1 atom stereocenters. The van der Waals surface area contributed by atoms with Crippen molar-refractivity contribution in [2.24, 2.45) is 5.92 Å². The highest BCUT2D eigenvalue weighted by Crippen LogP contribution is 2.40. The number of rotatable bonds is 4. The van der Waals surface area contributed by atoms with E-state index in [-0.39, 0.29) is 5.60 Å². The third-order valence-electron chi connectivity index (χ3n) is 4.70. The van der Waals surface area contributed by atoms with E-state index >= 15 is 0 Å². The monoisotopic (exact) mass is 276 g/mol. The average Bonchev–Trinajstić information content (AvgIpc) is 2.90.